The Morgan fingerprint density at radius 3 is 1.65 bits per heavy atom. The van der Waals surface area contributed by atoms with Crippen LogP contribution in [-0.4, -0.2) is 64.4 Å². The molecular weight excluding hydrogens is 1040 g/mol. The minimum atomic E-state index is -1.36. The van der Waals surface area contributed by atoms with Gasteiger partial charge in [-0.25, -0.2) is 17.6 Å². The van der Waals surface area contributed by atoms with Crippen LogP contribution in [0.5, 0.6) is 5.75 Å². The van der Waals surface area contributed by atoms with Gasteiger partial charge in [-0.2, -0.15) is 0 Å². The first-order valence-electron chi connectivity index (χ1n) is 26.8. The van der Waals surface area contributed by atoms with Gasteiger partial charge in [0.25, 0.3) is 11.8 Å². The van der Waals surface area contributed by atoms with Crippen molar-refractivity contribution in [2.75, 3.05) is 13.7 Å². The number of ether oxygens (including phenoxy) is 6. The number of hydrogen-bond acceptors (Lipinski definition) is 8. The van der Waals surface area contributed by atoms with Gasteiger partial charge in [0.05, 0.1) is 74.4 Å². The van der Waals surface area contributed by atoms with E-state index in [0.717, 1.165) is 57.0 Å². The lowest BCUT2D eigenvalue weighted by atomic mass is 9.87. The maximum atomic E-state index is 16.4. The van der Waals surface area contributed by atoms with Crippen molar-refractivity contribution in [1.29, 1.82) is 0 Å². The first kappa shape index (κ1) is 53.5. The highest BCUT2D eigenvalue weighted by Gasteiger charge is 2.51. The van der Waals surface area contributed by atoms with Crippen molar-refractivity contribution in [2.45, 2.75) is 89.8 Å². The molecule has 0 spiro atoms. The van der Waals surface area contributed by atoms with E-state index in [4.69, 9.17) is 28.4 Å². The second-order valence-corrected chi connectivity index (χ2v) is 21.7. The molecule has 2 aliphatic heterocycles. The Morgan fingerprint density at radius 1 is 0.556 bits per heavy atom. The molecule has 0 radical (unpaired) electrons. The number of imide groups is 1. The lowest BCUT2D eigenvalue weighted by Gasteiger charge is -2.47. The van der Waals surface area contributed by atoms with Gasteiger partial charge in [-0.05, 0) is 63.1 Å². The van der Waals surface area contributed by atoms with Gasteiger partial charge in [-0.1, -0.05) is 148 Å². The quantitative estimate of drug-likeness (QED) is 0.0709. The highest BCUT2D eigenvalue weighted by molar-refractivity contribution is 6.39. The van der Waals surface area contributed by atoms with Crippen LogP contribution in [0.2, 0.25) is 0 Å². The van der Waals surface area contributed by atoms with E-state index in [1.165, 1.54) is 0 Å². The van der Waals surface area contributed by atoms with Crippen LogP contribution in [0.3, 0.4) is 0 Å². The van der Waals surface area contributed by atoms with E-state index in [2.05, 4.69) is 25.8 Å². The summed E-state index contributed by atoms with van der Waals surface area (Å²) in [7, 11) is 1.59. The molecule has 11 nitrogen and oxygen atoms in total. The fourth-order valence-corrected chi connectivity index (χ4v) is 11.3. The summed E-state index contributed by atoms with van der Waals surface area (Å²) in [4.78, 5) is 35.1. The Morgan fingerprint density at radius 2 is 1.06 bits per heavy atom. The highest BCUT2D eigenvalue weighted by Crippen LogP contribution is 2.49. The van der Waals surface area contributed by atoms with Gasteiger partial charge in [0, 0.05) is 39.2 Å². The number of aromatic amines is 1. The lowest BCUT2D eigenvalue weighted by Crippen LogP contribution is -2.59. The van der Waals surface area contributed by atoms with Crippen molar-refractivity contribution in [3.05, 3.63) is 232 Å². The van der Waals surface area contributed by atoms with Crippen molar-refractivity contribution in [2.24, 2.45) is 0 Å². The fraction of sp³-hybridized carbons (Fsp3) is 0.242. The maximum Gasteiger partial charge on any atom is 0.262 e. The van der Waals surface area contributed by atoms with Crippen molar-refractivity contribution in [3.63, 3.8) is 0 Å². The number of methoxy groups -OCH3 is 1. The average Bonchev–Trinajstić information content (AvgIpc) is 2.61. The molecule has 4 heterocycles. The second-order valence-electron chi connectivity index (χ2n) is 21.7. The van der Waals surface area contributed by atoms with Crippen LogP contribution in [0.4, 0.5) is 17.6 Å². The largest absolute Gasteiger partial charge is 0.497 e. The summed E-state index contributed by atoms with van der Waals surface area (Å²) in [5.41, 5.74) is 4.99. The number of H-pyrrole nitrogens is 1. The van der Waals surface area contributed by atoms with Gasteiger partial charge in [-0.3, -0.25) is 14.5 Å². The molecular formula is C66H57F4N3O8. The molecule has 1 saturated heterocycles. The molecule has 0 saturated carbocycles. The number of carbonyl (C=O) groups is 2. The summed E-state index contributed by atoms with van der Waals surface area (Å²) in [5.74, 6) is -5.60. The number of carbonyl (C=O) groups excluding carboxylic acids is 2. The lowest BCUT2D eigenvalue weighted by molar-refractivity contribution is -0.288. The van der Waals surface area contributed by atoms with E-state index < -0.39 is 65.7 Å². The van der Waals surface area contributed by atoms with Gasteiger partial charge in [0.2, 0.25) is 0 Å². The van der Waals surface area contributed by atoms with E-state index in [9.17, 15) is 0 Å². The number of nitrogens with zero attached hydrogens (tertiary/aromatic N) is 2. The van der Waals surface area contributed by atoms with Crippen molar-refractivity contribution < 1.29 is 55.6 Å². The molecule has 5 atom stereocenters. The molecule has 1 fully saturated rings. The summed E-state index contributed by atoms with van der Waals surface area (Å²) in [6.45, 7) is 6.33. The molecule has 2 aliphatic rings. The molecule has 81 heavy (non-hydrogen) atoms. The molecule has 8 aromatic carbocycles. The Bertz CT molecular complexity index is 3960. The zero-order valence-electron chi connectivity index (χ0n) is 44.9. The molecule has 1 N–H and O–H groups in total. The zero-order chi connectivity index (χ0) is 56.1. The van der Waals surface area contributed by atoms with E-state index in [0.29, 0.717) is 11.3 Å². The van der Waals surface area contributed by atoms with Crippen LogP contribution in [-0.2, 0) is 62.1 Å². The minimum Gasteiger partial charge on any atom is -0.497 e. The van der Waals surface area contributed by atoms with Crippen molar-refractivity contribution >= 4 is 55.4 Å². The summed E-state index contributed by atoms with van der Waals surface area (Å²) < 4.78 is 106. The van der Waals surface area contributed by atoms with E-state index in [1.54, 1.807) is 11.7 Å². The topological polar surface area (TPSA) is 113 Å². The molecule has 15 heteroatoms. The predicted molar refractivity (Wildman–Crippen MR) is 300 cm³/mol. The number of hydrogen-bond donors (Lipinski definition) is 1. The molecule has 12 rings (SSSR count). The first-order valence-corrected chi connectivity index (χ1v) is 26.8. The summed E-state index contributed by atoms with van der Waals surface area (Å²) in [5, 5.41) is 0.318. The Balaban J connectivity index is 1.10. The van der Waals surface area contributed by atoms with Crippen LogP contribution in [0.15, 0.2) is 164 Å². The zero-order valence-corrected chi connectivity index (χ0v) is 44.9. The fourth-order valence-electron chi connectivity index (χ4n) is 11.3. The number of benzene rings is 8. The Labute approximate surface area is 464 Å². The van der Waals surface area contributed by atoms with E-state index >= 15 is 27.2 Å². The van der Waals surface area contributed by atoms with Gasteiger partial charge < -0.3 is 38.0 Å². The third-order valence-corrected chi connectivity index (χ3v) is 15.4. The number of halogens is 4. The van der Waals surface area contributed by atoms with Crippen LogP contribution in [0.25, 0.3) is 43.6 Å². The SMILES string of the molecule is COc1ccc(CO[C@@H]2[C@H](OCc3ccccc3)[C@@H](OCc3ccccc3)[C@H](n3c4cc(F)c(F)cc4c4c5c(c6c7cc(F)c(F)cc7[nH]c6c43)C(=O)N(Cc3ccc(C(C)(C)C)cc3)C5=O)O[C@@H]2COCc2ccccc2)cc1. The molecule has 412 valence electrons. The van der Waals surface area contributed by atoms with E-state index in [1.807, 2.05) is 140 Å². The van der Waals surface area contributed by atoms with Crippen LogP contribution >= 0.6 is 0 Å². The van der Waals surface area contributed by atoms with Crippen molar-refractivity contribution in [3.8, 4) is 5.75 Å². The van der Waals surface area contributed by atoms with Crippen LogP contribution in [0.1, 0.15) is 81.1 Å². The minimum absolute atomic E-state index is 0.00545. The maximum absolute atomic E-state index is 16.4. The normalized spacial score (nSPS) is 18.5. The van der Waals surface area contributed by atoms with Gasteiger partial charge in [0.1, 0.15) is 30.2 Å². The smallest absolute Gasteiger partial charge is 0.262 e. The third kappa shape index (κ3) is 10.2. The average molecular weight is 1100 g/mol. The number of rotatable bonds is 17. The molecule has 2 amide bonds. The summed E-state index contributed by atoms with van der Waals surface area (Å²) >= 11 is 0. The monoisotopic (exact) mass is 1100 g/mol. The summed E-state index contributed by atoms with van der Waals surface area (Å²) in [6, 6.07) is 47.6. The Hall–Kier alpha value is -8.18. The first-order chi connectivity index (χ1) is 39.2. The molecule has 0 unspecified atom stereocenters. The van der Waals surface area contributed by atoms with Gasteiger partial charge in [-0.15, -0.1) is 0 Å². The standard InChI is InChI=1S/C66H57F4N3O8/c1-66(2,3)43-24-20-38(21-25-43)32-72-63(74)56-54-45-28-47(67)49(69)30-51(45)71-58(54)59-55(57(56)64(72)75)46-29-48(68)50(70)31-52(46)73(59)65-62(80-35-41-18-12-7-13-19-41)61(79-34-40-16-10-6-11-17-40)60(78-36-42-22-26-44(76-4)27-23-42)53(81-65)37-77-33-39-14-8-5-9-15-39/h5-31,53,60-62,65,71H,32-37H2,1-4H3/t53-,60+,61+,62-,65-/m1/s1. The predicted octanol–water partition coefficient (Wildman–Crippen LogP) is 14.0. The highest BCUT2D eigenvalue weighted by atomic mass is 19.2. The molecule has 0 bridgehead atoms. The number of amides is 2. The Kier molecular flexibility index (Phi) is 14.6. The third-order valence-electron chi connectivity index (χ3n) is 15.4. The van der Waals surface area contributed by atoms with Crippen LogP contribution < -0.4 is 4.74 Å². The second kappa shape index (κ2) is 22.0. The summed E-state index contributed by atoms with van der Waals surface area (Å²) in [6.07, 6.45) is -5.52. The number of aromatic nitrogens is 2. The van der Waals surface area contributed by atoms with Crippen LogP contribution in [0, 0.1) is 23.3 Å². The molecule has 2 aromatic heterocycles. The molecule has 0 aliphatic carbocycles. The number of nitrogens with one attached hydrogen (secondary N) is 1. The van der Waals surface area contributed by atoms with Gasteiger partial charge in [0.15, 0.2) is 29.5 Å². The van der Waals surface area contributed by atoms with Crippen molar-refractivity contribution in [1.82, 2.24) is 14.5 Å². The van der Waals surface area contributed by atoms with E-state index in [-0.39, 0.29) is 99.7 Å². The van der Waals surface area contributed by atoms with Gasteiger partial charge >= 0.3 is 0 Å². The number of fused-ring (bicyclic) bond motifs is 10. The molecule has 10 aromatic rings.